The van der Waals surface area contributed by atoms with E-state index in [-0.39, 0.29) is 6.42 Å². The molecule has 0 amide bonds. The van der Waals surface area contributed by atoms with Crippen molar-refractivity contribution in [2.24, 2.45) is 0 Å². The number of aliphatic carboxylic acids is 1. The highest BCUT2D eigenvalue weighted by molar-refractivity contribution is 5.66. The monoisotopic (exact) mass is 221 g/mol. The third-order valence-corrected chi connectivity index (χ3v) is 3.00. The maximum atomic E-state index is 10.3. The quantitative estimate of drug-likeness (QED) is 0.749. The van der Waals surface area contributed by atoms with Gasteiger partial charge in [0.05, 0.1) is 6.42 Å². The van der Waals surface area contributed by atoms with Gasteiger partial charge in [-0.3, -0.25) is 4.79 Å². The molecule has 0 unspecified atom stereocenters. The number of nitrogens with one attached hydrogen (secondary N) is 1. The van der Waals surface area contributed by atoms with Crippen molar-refractivity contribution in [3.8, 4) is 0 Å². The average Bonchev–Trinajstić information content (AvgIpc) is 2.23. The number of carbonyl (C=O) groups is 1. The number of carboxylic acids is 1. The Bertz CT molecular complexity index is 386. The first-order chi connectivity index (χ1) is 7.52. The molecule has 0 fully saturated rings. The molecule has 0 spiro atoms. The van der Waals surface area contributed by atoms with Crippen LogP contribution in [0.25, 0.3) is 0 Å². The Morgan fingerprint density at radius 1 is 1.25 bits per heavy atom. The van der Waals surface area contributed by atoms with Crippen molar-refractivity contribution < 1.29 is 9.90 Å². The Balaban J connectivity index is 2.55. The predicted octanol–water partition coefficient (Wildman–Crippen LogP) is 2.18. The Morgan fingerprint density at radius 2 is 1.94 bits per heavy atom. The van der Waals surface area contributed by atoms with Crippen LogP contribution in [0, 0.1) is 20.8 Å². The Morgan fingerprint density at radius 3 is 2.56 bits per heavy atom. The van der Waals surface area contributed by atoms with E-state index in [1.165, 1.54) is 22.3 Å². The van der Waals surface area contributed by atoms with Crippen molar-refractivity contribution in [2.75, 3.05) is 6.54 Å². The molecule has 0 bridgehead atoms. The third-order valence-electron chi connectivity index (χ3n) is 3.00. The molecule has 0 saturated heterocycles. The summed E-state index contributed by atoms with van der Waals surface area (Å²) in [6.07, 6.45) is 0.171. The van der Waals surface area contributed by atoms with E-state index in [2.05, 4.69) is 38.2 Å². The van der Waals surface area contributed by atoms with Crippen LogP contribution in [0.5, 0.6) is 0 Å². The van der Waals surface area contributed by atoms with Crippen LogP contribution in [0.15, 0.2) is 12.1 Å². The summed E-state index contributed by atoms with van der Waals surface area (Å²) in [5.41, 5.74) is 5.15. The van der Waals surface area contributed by atoms with Crippen molar-refractivity contribution in [2.45, 2.75) is 33.7 Å². The number of rotatable bonds is 5. The van der Waals surface area contributed by atoms with Gasteiger partial charge >= 0.3 is 5.97 Å². The van der Waals surface area contributed by atoms with E-state index < -0.39 is 5.97 Å². The van der Waals surface area contributed by atoms with Crippen LogP contribution in [0.2, 0.25) is 0 Å². The molecule has 3 nitrogen and oxygen atoms in total. The molecule has 88 valence electrons. The van der Waals surface area contributed by atoms with E-state index in [9.17, 15) is 4.79 Å². The summed E-state index contributed by atoms with van der Waals surface area (Å²) in [4.78, 5) is 10.3. The zero-order chi connectivity index (χ0) is 12.1. The number of hydrogen-bond donors (Lipinski definition) is 2. The largest absolute Gasteiger partial charge is 0.481 e. The number of carboxylic acid groups (broad SMARTS) is 1. The summed E-state index contributed by atoms with van der Waals surface area (Å²) in [5, 5.41) is 11.6. The third kappa shape index (κ3) is 3.35. The van der Waals surface area contributed by atoms with Gasteiger partial charge in [-0.15, -0.1) is 0 Å². The molecule has 0 aliphatic rings. The van der Waals surface area contributed by atoms with Crippen LogP contribution in [-0.4, -0.2) is 17.6 Å². The lowest BCUT2D eigenvalue weighted by molar-refractivity contribution is -0.136. The molecule has 0 saturated carbocycles. The normalized spacial score (nSPS) is 10.4. The number of aryl methyl sites for hydroxylation is 1. The molecular weight excluding hydrogens is 202 g/mol. The summed E-state index contributed by atoms with van der Waals surface area (Å²) in [6, 6.07) is 4.21. The minimum atomic E-state index is -0.760. The minimum Gasteiger partial charge on any atom is -0.481 e. The standard InChI is InChI=1S/C13H19NO2/c1-9-4-5-12(11(3)10(9)2)8-14-7-6-13(15)16/h4-5,14H,6-8H2,1-3H3,(H,15,16). The molecular formula is C13H19NO2. The van der Waals surface area contributed by atoms with E-state index >= 15 is 0 Å². The van der Waals surface area contributed by atoms with Crippen molar-refractivity contribution in [3.63, 3.8) is 0 Å². The van der Waals surface area contributed by atoms with Crippen molar-refractivity contribution >= 4 is 5.97 Å². The van der Waals surface area contributed by atoms with Gasteiger partial charge in [0, 0.05) is 13.1 Å². The van der Waals surface area contributed by atoms with Gasteiger partial charge in [-0.25, -0.2) is 0 Å². The van der Waals surface area contributed by atoms with Gasteiger partial charge in [-0.05, 0) is 43.0 Å². The molecule has 16 heavy (non-hydrogen) atoms. The van der Waals surface area contributed by atoms with Gasteiger partial charge in [-0.1, -0.05) is 12.1 Å². The number of hydrogen-bond acceptors (Lipinski definition) is 2. The molecule has 3 heteroatoms. The number of benzene rings is 1. The minimum absolute atomic E-state index is 0.171. The Kier molecular flexibility index (Phi) is 4.50. The second-order valence-corrected chi connectivity index (χ2v) is 4.11. The summed E-state index contributed by atoms with van der Waals surface area (Å²) < 4.78 is 0. The van der Waals surface area contributed by atoms with Gasteiger partial charge in [0.25, 0.3) is 0 Å². The Labute approximate surface area is 96.5 Å². The topological polar surface area (TPSA) is 49.3 Å². The van der Waals surface area contributed by atoms with Crippen molar-refractivity contribution in [1.82, 2.24) is 5.32 Å². The highest BCUT2D eigenvalue weighted by Gasteiger charge is 2.03. The lowest BCUT2D eigenvalue weighted by atomic mass is 9.99. The smallest absolute Gasteiger partial charge is 0.304 e. The zero-order valence-corrected chi connectivity index (χ0v) is 10.1. The highest BCUT2D eigenvalue weighted by atomic mass is 16.4. The summed E-state index contributed by atoms with van der Waals surface area (Å²) in [6.45, 7) is 7.58. The van der Waals surface area contributed by atoms with Gasteiger partial charge < -0.3 is 10.4 Å². The van der Waals surface area contributed by atoms with Crippen LogP contribution in [0.4, 0.5) is 0 Å². The van der Waals surface area contributed by atoms with Crippen molar-refractivity contribution in [3.05, 3.63) is 34.4 Å². The summed E-state index contributed by atoms with van der Waals surface area (Å²) >= 11 is 0. The fraction of sp³-hybridized carbons (Fsp3) is 0.462. The zero-order valence-electron chi connectivity index (χ0n) is 10.1. The first-order valence-electron chi connectivity index (χ1n) is 5.50. The van der Waals surface area contributed by atoms with Crippen LogP contribution < -0.4 is 5.32 Å². The van der Waals surface area contributed by atoms with E-state index in [1.54, 1.807) is 0 Å². The second kappa shape index (κ2) is 5.66. The van der Waals surface area contributed by atoms with E-state index in [0.717, 1.165) is 6.54 Å². The maximum Gasteiger partial charge on any atom is 0.304 e. The van der Waals surface area contributed by atoms with Crippen molar-refractivity contribution in [1.29, 1.82) is 0 Å². The lowest BCUT2D eigenvalue weighted by Crippen LogP contribution is -2.18. The van der Waals surface area contributed by atoms with Gasteiger partial charge in [0.15, 0.2) is 0 Å². The molecule has 0 aliphatic carbocycles. The predicted molar refractivity (Wildman–Crippen MR) is 64.6 cm³/mol. The summed E-state index contributed by atoms with van der Waals surface area (Å²) in [7, 11) is 0. The average molecular weight is 221 g/mol. The first kappa shape index (κ1) is 12.7. The fourth-order valence-corrected chi connectivity index (χ4v) is 1.62. The van der Waals surface area contributed by atoms with E-state index in [0.29, 0.717) is 6.54 Å². The van der Waals surface area contributed by atoms with Gasteiger partial charge in [0.2, 0.25) is 0 Å². The first-order valence-corrected chi connectivity index (χ1v) is 5.50. The van der Waals surface area contributed by atoms with Crippen LogP contribution >= 0.6 is 0 Å². The SMILES string of the molecule is Cc1ccc(CNCCC(=O)O)c(C)c1C. The van der Waals surface area contributed by atoms with Crippen LogP contribution in [0.1, 0.15) is 28.7 Å². The van der Waals surface area contributed by atoms with Crippen LogP contribution in [-0.2, 0) is 11.3 Å². The molecule has 0 radical (unpaired) electrons. The molecule has 0 aliphatic heterocycles. The fourth-order valence-electron chi connectivity index (χ4n) is 1.62. The second-order valence-electron chi connectivity index (χ2n) is 4.11. The van der Waals surface area contributed by atoms with Crippen LogP contribution in [0.3, 0.4) is 0 Å². The Hall–Kier alpha value is -1.35. The van der Waals surface area contributed by atoms with E-state index in [4.69, 9.17) is 5.11 Å². The highest BCUT2D eigenvalue weighted by Crippen LogP contribution is 2.16. The molecule has 0 atom stereocenters. The molecule has 0 aromatic heterocycles. The molecule has 1 aromatic carbocycles. The van der Waals surface area contributed by atoms with Gasteiger partial charge in [-0.2, -0.15) is 0 Å². The summed E-state index contributed by atoms with van der Waals surface area (Å²) in [5.74, 6) is -0.760. The molecule has 0 heterocycles. The molecule has 2 N–H and O–H groups in total. The molecule has 1 aromatic rings. The van der Waals surface area contributed by atoms with Gasteiger partial charge in [0.1, 0.15) is 0 Å². The lowest BCUT2D eigenvalue weighted by Gasteiger charge is -2.11. The molecule has 1 rings (SSSR count). The van der Waals surface area contributed by atoms with E-state index in [1.807, 2.05) is 0 Å². The maximum absolute atomic E-state index is 10.3.